The minimum absolute atomic E-state index is 0.195. The summed E-state index contributed by atoms with van der Waals surface area (Å²) in [6.45, 7) is 6.92. The lowest BCUT2D eigenvalue weighted by molar-refractivity contribution is -0.124. The summed E-state index contributed by atoms with van der Waals surface area (Å²) in [5, 5.41) is 3.27. The maximum atomic E-state index is 12.4. The van der Waals surface area contributed by atoms with Crippen LogP contribution in [0.3, 0.4) is 0 Å². The normalized spacial score (nSPS) is 29.9. The lowest BCUT2D eigenvalue weighted by Crippen LogP contribution is -2.47. The van der Waals surface area contributed by atoms with Crippen molar-refractivity contribution in [2.24, 2.45) is 5.92 Å². The Kier molecular flexibility index (Phi) is 4.34. The maximum absolute atomic E-state index is 12.4. The van der Waals surface area contributed by atoms with Crippen molar-refractivity contribution in [1.29, 1.82) is 0 Å². The molecular weight excluding hydrogens is 262 g/mol. The number of carbonyl (C=O) groups is 1. The molecule has 2 heterocycles. The molecule has 1 aromatic rings. The van der Waals surface area contributed by atoms with Gasteiger partial charge in [0.05, 0.1) is 6.54 Å². The fraction of sp³-hybridized carbons (Fsp3) is 0.706. The van der Waals surface area contributed by atoms with E-state index in [4.69, 9.17) is 0 Å². The molecule has 1 N–H and O–H groups in total. The summed E-state index contributed by atoms with van der Waals surface area (Å²) in [4.78, 5) is 14.7. The highest BCUT2D eigenvalue weighted by Crippen LogP contribution is 2.26. The number of carbonyl (C=O) groups excluding carboxylic acids is 1. The monoisotopic (exact) mass is 289 g/mol. The lowest BCUT2D eigenvalue weighted by Gasteiger charge is -2.35. The standard InChI is InChI=1S/C17H27N3O/c1-13-6-3-4-7-15(13)18-17(21)12-20-11-10-19-9-5-8-16(19)14(20)2/h5,8-9,13-15H,3-4,6-7,10-12H2,1-2H3,(H,18,21)/t13-,14+,15-/m1/s1. The van der Waals surface area contributed by atoms with Crippen LogP contribution in [-0.4, -0.2) is 34.5 Å². The molecule has 3 rings (SSSR count). The summed E-state index contributed by atoms with van der Waals surface area (Å²) in [5.41, 5.74) is 1.32. The summed E-state index contributed by atoms with van der Waals surface area (Å²) >= 11 is 0. The smallest absolute Gasteiger partial charge is 0.234 e. The van der Waals surface area contributed by atoms with Gasteiger partial charge in [-0.3, -0.25) is 9.69 Å². The van der Waals surface area contributed by atoms with Gasteiger partial charge in [-0.2, -0.15) is 0 Å². The van der Waals surface area contributed by atoms with Crippen LogP contribution >= 0.6 is 0 Å². The Balaban J connectivity index is 1.56. The van der Waals surface area contributed by atoms with Crippen molar-refractivity contribution in [3.63, 3.8) is 0 Å². The van der Waals surface area contributed by atoms with Gasteiger partial charge in [0.2, 0.25) is 5.91 Å². The summed E-state index contributed by atoms with van der Waals surface area (Å²) in [7, 11) is 0. The molecule has 4 heteroatoms. The summed E-state index contributed by atoms with van der Waals surface area (Å²) in [5.74, 6) is 0.819. The van der Waals surface area contributed by atoms with E-state index in [9.17, 15) is 4.79 Å². The van der Waals surface area contributed by atoms with E-state index in [2.05, 4.69) is 47.0 Å². The van der Waals surface area contributed by atoms with Crippen LogP contribution in [0.4, 0.5) is 0 Å². The van der Waals surface area contributed by atoms with Crippen LogP contribution in [0, 0.1) is 5.92 Å². The van der Waals surface area contributed by atoms with Gasteiger partial charge in [0.15, 0.2) is 0 Å². The first kappa shape index (κ1) is 14.6. The van der Waals surface area contributed by atoms with Crippen molar-refractivity contribution < 1.29 is 4.79 Å². The van der Waals surface area contributed by atoms with Gasteiger partial charge in [-0.05, 0) is 37.8 Å². The van der Waals surface area contributed by atoms with Gasteiger partial charge < -0.3 is 9.88 Å². The van der Waals surface area contributed by atoms with E-state index < -0.39 is 0 Å². The Morgan fingerprint density at radius 3 is 2.90 bits per heavy atom. The second-order valence-electron chi connectivity index (χ2n) is 6.71. The van der Waals surface area contributed by atoms with E-state index >= 15 is 0 Å². The fourth-order valence-electron chi connectivity index (χ4n) is 3.81. The first-order valence-corrected chi connectivity index (χ1v) is 8.33. The fourth-order valence-corrected chi connectivity index (χ4v) is 3.81. The van der Waals surface area contributed by atoms with E-state index in [1.54, 1.807) is 0 Å². The molecule has 0 spiro atoms. The van der Waals surface area contributed by atoms with Gasteiger partial charge in [-0.1, -0.05) is 19.8 Å². The average Bonchev–Trinajstić information content (AvgIpc) is 2.94. The minimum Gasteiger partial charge on any atom is -0.352 e. The largest absolute Gasteiger partial charge is 0.352 e. The second-order valence-corrected chi connectivity index (χ2v) is 6.71. The Bertz CT molecular complexity index is 496. The average molecular weight is 289 g/mol. The molecule has 1 aliphatic carbocycles. The van der Waals surface area contributed by atoms with Crippen LogP contribution in [0.25, 0.3) is 0 Å². The van der Waals surface area contributed by atoms with Crippen molar-refractivity contribution in [2.45, 2.75) is 58.2 Å². The molecule has 4 nitrogen and oxygen atoms in total. The molecule has 0 unspecified atom stereocenters. The van der Waals surface area contributed by atoms with Crippen molar-refractivity contribution >= 4 is 5.91 Å². The molecule has 1 fully saturated rings. The Labute approximate surface area is 127 Å². The Morgan fingerprint density at radius 2 is 2.10 bits per heavy atom. The quantitative estimate of drug-likeness (QED) is 0.928. The third-order valence-electron chi connectivity index (χ3n) is 5.27. The highest BCUT2D eigenvalue weighted by molar-refractivity contribution is 5.78. The molecule has 1 aliphatic heterocycles. The summed E-state index contributed by atoms with van der Waals surface area (Å²) in [6, 6.07) is 4.97. The number of hydrogen-bond acceptors (Lipinski definition) is 2. The van der Waals surface area contributed by atoms with E-state index in [1.807, 2.05) is 0 Å². The van der Waals surface area contributed by atoms with E-state index in [1.165, 1.54) is 25.0 Å². The molecular formula is C17H27N3O. The van der Waals surface area contributed by atoms with Gasteiger partial charge in [0, 0.05) is 37.1 Å². The van der Waals surface area contributed by atoms with E-state index in [0.717, 1.165) is 19.5 Å². The molecule has 116 valence electrons. The van der Waals surface area contributed by atoms with Crippen LogP contribution in [0.1, 0.15) is 51.3 Å². The third-order valence-corrected chi connectivity index (χ3v) is 5.27. The van der Waals surface area contributed by atoms with Crippen LogP contribution in [-0.2, 0) is 11.3 Å². The van der Waals surface area contributed by atoms with Gasteiger partial charge in [-0.25, -0.2) is 0 Å². The van der Waals surface area contributed by atoms with Gasteiger partial charge in [0.25, 0.3) is 0 Å². The first-order valence-electron chi connectivity index (χ1n) is 8.33. The maximum Gasteiger partial charge on any atom is 0.234 e. The molecule has 0 saturated heterocycles. The van der Waals surface area contributed by atoms with Crippen molar-refractivity contribution in [3.8, 4) is 0 Å². The summed E-state index contributed by atoms with van der Waals surface area (Å²) < 4.78 is 2.29. The zero-order valence-electron chi connectivity index (χ0n) is 13.2. The van der Waals surface area contributed by atoms with Crippen LogP contribution in [0.15, 0.2) is 18.3 Å². The first-order chi connectivity index (χ1) is 10.1. The molecule has 0 bridgehead atoms. The highest BCUT2D eigenvalue weighted by Gasteiger charge is 2.27. The van der Waals surface area contributed by atoms with Crippen molar-refractivity contribution in [1.82, 2.24) is 14.8 Å². The topological polar surface area (TPSA) is 37.3 Å². The lowest BCUT2D eigenvalue weighted by atomic mass is 9.86. The summed E-state index contributed by atoms with van der Waals surface area (Å²) in [6.07, 6.45) is 7.09. The number of fused-ring (bicyclic) bond motifs is 1. The van der Waals surface area contributed by atoms with Gasteiger partial charge >= 0.3 is 0 Å². The molecule has 21 heavy (non-hydrogen) atoms. The number of aromatic nitrogens is 1. The number of nitrogens with zero attached hydrogens (tertiary/aromatic N) is 2. The van der Waals surface area contributed by atoms with E-state index in [0.29, 0.717) is 24.5 Å². The molecule has 2 aliphatic rings. The second kappa shape index (κ2) is 6.22. The molecule has 3 atom stereocenters. The molecule has 0 aromatic carbocycles. The van der Waals surface area contributed by atoms with E-state index in [-0.39, 0.29) is 5.91 Å². The van der Waals surface area contributed by atoms with Crippen molar-refractivity contribution in [2.75, 3.05) is 13.1 Å². The minimum atomic E-state index is 0.195. The van der Waals surface area contributed by atoms with Crippen LogP contribution in [0.5, 0.6) is 0 Å². The molecule has 1 aromatic heterocycles. The SMILES string of the molecule is C[C@@H]1CCCC[C@H]1NC(=O)CN1CCn2cccc2[C@@H]1C. The third kappa shape index (κ3) is 3.15. The predicted octanol–water partition coefficient (Wildman–Crippen LogP) is 2.56. The zero-order valence-corrected chi connectivity index (χ0v) is 13.2. The molecule has 1 saturated carbocycles. The van der Waals surface area contributed by atoms with Crippen molar-refractivity contribution in [3.05, 3.63) is 24.0 Å². The zero-order chi connectivity index (χ0) is 14.8. The molecule has 1 amide bonds. The number of hydrogen-bond donors (Lipinski definition) is 1. The number of nitrogens with one attached hydrogen (secondary N) is 1. The van der Waals surface area contributed by atoms with Crippen LogP contribution in [0.2, 0.25) is 0 Å². The highest BCUT2D eigenvalue weighted by atomic mass is 16.2. The Hall–Kier alpha value is -1.29. The van der Waals surface area contributed by atoms with Crippen LogP contribution < -0.4 is 5.32 Å². The predicted molar refractivity (Wildman–Crippen MR) is 84.0 cm³/mol. The number of rotatable bonds is 3. The molecule has 0 radical (unpaired) electrons. The van der Waals surface area contributed by atoms with Gasteiger partial charge in [-0.15, -0.1) is 0 Å². The van der Waals surface area contributed by atoms with Gasteiger partial charge in [0.1, 0.15) is 0 Å². The number of amides is 1. The Morgan fingerprint density at radius 1 is 1.29 bits per heavy atom.